The SMILES string of the molecule is COCCNCC(CCC1CCCO1)c1ccc(Cl)cc1. The van der Waals surface area contributed by atoms with Crippen molar-refractivity contribution in [3.8, 4) is 0 Å². The Morgan fingerprint density at radius 2 is 2.19 bits per heavy atom. The lowest BCUT2D eigenvalue weighted by Crippen LogP contribution is -2.25. The Kier molecular flexibility index (Phi) is 7.51. The predicted molar refractivity (Wildman–Crippen MR) is 87.1 cm³/mol. The van der Waals surface area contributed by atoms with Crippen LogP contribution in [0, 0.1) is 0 Å². The van der Waals surface area contributed by atoms with Gasteiger partial charge in [0.2, 0.25) is 0 Å². The van der Waals surface area contributed by atoms with Crippen LogP contribution in [0.15, 0.2) is 24.3 Å². The van der Waals surface area contributed by atoms with Gasteiger partial charge < -0.3 is 14.8 Å². The average Bonchev–Trinajstić information content (AvgIpc) is 3.01. The summed E-state index contributed by atoms with van der Waals surface area (Å²) in [6, 6.07) is 8.23. The number of halogens is 1. The van der Waals surface area contributed by atoms with Gasteiger partial charge in [0.05, 0.1) is 12.7 Å². The molecule has 4 heteroatoms. The Morgan fingerprint density at radius 3 is 2.86 bits per heavy atom. The lowest BCUT2D eigenvalue weighted by Gasteiger charge is -2.20. The molecule has 2 atom stereocenters. The Hall–Kier alpha value is -0.610. The van der Waals surface area contributed by atoms with Crippen LogP contribution in [-0.4, -0.2) is 39.5 Å². The molecular formula is C17H26ClNO2. The first-order valence-electron chi connectivity index (χ1n) is 7.86. The second kappa shape index (κ2) is 9.42. The highest BCUT2D eigenvalue weighted by atomic mass is 35.5. The molecule has 1 fully saturated rings. The summed E-state index contributed by atoms with van der Waals surface area (Å²) < 4.78 is 10.8. The number of rotatable bonds is 9. The molecule has 3 nitrogen and oxygen atoms in total. The molecule has 0 spiro atoms. The van der Waals surface area contributed by atoms with Gasteiger partial charge in [-0.15, -0.1) is 0 Å². The summed E-state index contributed by atoms with van der Waals surface area (Å²) in [5, 5.41) is 4.27. The first-order valence-corrected chi connectivity index (χ1v) is 8.24. The van der Waals surface area contributed by atoms with Crippen molar-refractivity contribution in [2.75, 3.05) is 33.4 Å². The molecule has 118 valence electrons. The zero-order valence-corrected chi connectivity index (χ0v) is 13.6. The van der Waals surface area contributed by atoms with E-state index in [-0.39, 0.29) is 0 Å². The van der Waals surface area contributed by atoms with Crippen LogP contribution in [0.25, 0.3) is 0 Å². The molecular weight excluding hydrogens is 286 g/mol. The van der Waals surface area contributed by atoms with E-state index in [0.717, 1.165) is 44.2 Å². The maximum atomic E-state index is 5.99. The summed E-state index contributed by atoms with van der Waals surface area (Å²) in [5.74, 6) is 0.503. The molecule has 0 bridgehead atoms. The summed E-state index contributed by atoms with van der Waals surface area (Å²) in [6.07, 6.45) is 5.16. The van der Waals surface area contributed by atoms with Crippen LogP contribution >= 0.6 is 11.6 Å². The van der Waals surface area contributed by atoms with Crippen molar-refractivity contribution >= 4 is 11.6 Å². The second-order valence-electron chi connectivity index (χ2n) is 5.66. The van der Waals surface area contributed by atoms with Gasteiger partial charge in [-0.1, -0.05) is 23.7 Å². The number of nitrogens with one attached hydrogen (secondary N) is 1. The fourth-order valence-electron chi connectivity index (χ4n) is 2.83. The summed E-state index contributed by atoms with van der Waals surface area (Å²) >= 11 is 5.99. The molecule has 1 N–H and O–H groups in total. The zero-order valence-electron chi connectivity index (χ0n) is 12.8. The molecule has 1 aromatic rings. The minimum Gasteiger partial charge on any atom is -0.383 e. The molecule has 0 radical (unpaired) electrons. The molecule has 2 unspecified atom stereocenters. The van der Waals surface area contributed by atoms with Crippen LogP contribution in [0.2, 0.25) is 5.02 Å². The summed E-state index contributed by atoms with van der Waals surface area (Å²) in [7, 11) is 1.73. The van der Waals surface area contributed by atoms with Crippen molar-refractivity contribution in [3.63, 3.8) is 0 Å². The van der Waals surface area contributed by atoms with Gasteiger partial charge >= 0.3 is 0 Å². The van der Waals surface area contributed by atoms with E-state index in [1.165, 1.54) is 18.4 Å². The molecule has 0 aromatic heterocycles. The average molecular weight is 312 g/mol. The Balaban J connectivity index is 1.87. The minimum absolute atomic E-state index is 0.457. The molecule has 21 heavy (non-hydrogen) atoms. The highest BCUT2D eigenvalue weighted by Crippen LogP contribution is 2.26. The highest BCUT2D eigenvalue weighted by Gasteiger charge is 2.18. The zero-order chi connectivity index (χ0) is 14.9. The van der Waals surface area contributed by atoms with Gasteiger partial charge in [0.1, 0.15) is 0 Å². The third kappa shape index (κ3) is 5.95. The lowest BCUT2D eigenvalue weighted by atomic mass is 9.92. The van der Waals surface area contributed by atoms with E-state index in [1.54, 1.807) is 7.11 Å². The van der Waals surface area contributed by atoms with E-state index in [2.05, 4.69) is 17.4 Å². The smallest absolute Gasteiger partial charge is 0.0587 e. The number of ether oxygens (including phenoxy) is 2. The van der Waals surface area contributed by atoms with Crippen molar-refractivity contribution in [2.24, 2.45) is 0 Å². The van der Waals surface area contributed by atoms with Gasteiger partial charge in [-0.2, -0.15) is 0 Å². The quantitative estimate of drug-likeness (QED) is 0.707. The van der Waals surface area contributed by atoms with Crippen molar-refractivity contribution in [1.29, 1.82) is 0 Å². The molecule has 0 amide bonds. The second-order valence-corrected chi connectivity index (χ2v) is 6.09. The molecule has 0 aliphatic carbocycles. The first-order chi connectivity index (χ1) is 10.3. The highest BCUT2D eigenvalue weighted by molar-refractivity contribution is 6.30. The third-order valence-corrected chi connectivity index (χ3v) is 4.33. The normalized spacial score (nSPS) is 19.8. The summed E-state index contributed by atoms with van der Waals surface area (Å²) in [6.45, 7) is 3.54. The molecule has 1 aliphatic heterocycles. The van der Waals surface area contributed by atoms with E-state index in [0.29, 0.717) is 12.0 Å². The van der Waals surface area contributed by atoms with Crippen LogP contribution in [0.3, 0.4) is 0 Å². The fraction of sp³-hybridized carbons (Fsp3) is 0.647. The standard InChI is InChI=1S/C17H26ClNO2/c1-20-12-10-19-13-15(6-9-17-3-2-11-21-17)14-4-7-16(18)8-5-14/h4-5,7-8,15,17,19H,2-3,6,9-13H2,1H3. The Bertz CT molecular complexity index is 390. The molecule has 0 saturated carbocycles. The van der Waals surface area contributed by atoms with Gasteiger partial charge in [-0.25, -0.2) is 0 Å². The largest absolute Gasteiger partial charge is 0.383 e. The fourth-order valence-corrected chi connectivity index (χ4v) is 2.96. The van der Waals surface area contributed by atoms with E-state index >= 15 is 0 Å². The van der Waals surface area contributed by atoms with Gasteiger partial charge in [0, 0.05) is 31.8 Å². The van der Waals surface area contributed by atoms with E-state index in [9.17, 15) is 0 Å². The van der Waals surface area contributed by atoms with Gasteiger partial charge in [-0.3, -0.25) is 0 Å². The van der Waals surface area contributed by atoms with Gasteiger partial charge in [0.15, 0.2) is 0 Å². The van der Waals surface area contributed by atoms with Crippen molar-refractivity contribution in [2.45, 2.75) is 37.7 Å². The molecule has 1 aliphatic rings. The number of benzene rings is 1. The molecule has 1 aromatic carbocycles. The van der Waals surface area contributed by atoms with Gasteiger partial charge in [0.25, 0.3) is 0 Å². The Labute approximate surface area is 133 Å². The van der Waals surface area contributed by atoms with Crippen LogP contribution < -0.4 is 5.32 Å². The molecule has 1 saturated heterocycles. The lowest BCUT2D eigenvalue weighted by molar-refractivity contribution is 0.100. The van der Waals surface area contributed by atoms with Gasteiger partial charge in [-0.05, 0) is 49.3 Å². The molecule has 1 heterocycles. The predicted octanol–water partition coefficient (Wildman–Crippen LogP) is 3.62. The van der Waals surface area contributed by atoms with Crippen molar-refractivity contribution in [1.82, 2.24) is 5.32 Å². The topological polar surface area (TPSA) is 30.5 Å². The summed E-state index contributed by atoms with van der Waals surface area (Å²) in [4.78, 5) is 0. The minimum atomic E-state index is 0.457. The molecule has 2 rings (SSSR count). The summed E-state index contributed by atoms with van der Waals surface area (Å²) in [5.41, 5.74) is 1.35. The number of hydrogen-bond acceptors (Lipinski definition) is 3. The van der Waals surface area contributed by atoms with E-state index in [4.69, 9.17) is 21.1 Å². The van der Waals surface area contributed by atoms with Crippen LogP contribution in [0.1, 0.15) is 37.2 Å². The first kappa shape index (κ1) is 16.8. The number of hydrogen-bond donors (Lipinski definition) is 1. The van der Waals surface area contributed by atoms with E-state index < -0.39 is 0 Å². The van der Waals surface area contributed by atoms with Crippen molar-refractivity contribution in [3.05, 3.63) is 34.9 Å². The Morgan fingerprint density at radius 1 is 1.38 bits per heavy atom. The third-order valence-electron chi connectivity index (χ3n) is 4.08. The maximum absolute atomic E-state index is 5.99. The van der Waals surface area contributed by atoms with Crippen LogP contribution in [-0.2, 0) is 9.47 Å². The monoisotopic (exact) mass is 311 g/mol. The maximum Gasteiger partial charge on any atom is 0.0587 e. The van der Waals surface area contributed by atoms with E-state index in [1.807, 2.05) is 12.1 Å². The number of methoxy groups -OCH3 is 1. The van der Waals surface area contributed by atoms with Crippen LogP contribution in [0.5, 0.6) is 0 Å². The van der Waals surface area contributed by atoms with Crippen molar-refractivity contribution < 1.29 is 9.47 Å². The van der Waals surface area contributed by atoms with Crippen LogP contribution in [0.4, 0.5) is 0 Å².